The Morgan fingerprint density at radius 1 is 1.36 bits per heavy atom. The number of carbonyl (C=O) groups is 1. The average Bonchev–Trinajstić information content (AvgIpc) is 2.98. The fourth-order valence-electron chi connectivity index (χ4n) is 2.37. The van der Waals surface area contributed by atoms with Gasteiger partial charge in [-0.1, -0.05) is 6.07 Å². The molecule has 22 heavy (non-hydrogen) atoms. The van der Waals surface area contributed by atoms with Crippen molar-refractivity contribution in [3.63, 3.8) is 0 Å². The number of hydrogen-bond donors (Lipinski definition) is 0. The fraction of sp³-hybridized carbons (Fsp3) is 0.125. The first-order chi connectivity index (χ1) is 10.6. The Balaban J connectivity index is 2.15. The van der Waals surface area contributed by atoms with E-state index in [0.29, 0.717) is 16.8 Å². The van der Waals surface area contributed by atoms with E-state index in [1.807, 2.05) is 6.07 Å². The number of ether oxygens (including phenoxy) is 1. The van der Waals surface area contributed by atoms with Crippen LogP contribution in [0.1, 0.15) is 21.6 Å². The highest BCUT2D eigenvalue weighted by atomic mass is 127. The smallest absolute Gasteiger partial charge is 0.339 e. The van der Waals surface area contributed by atoms with Gasteiger partial charge in [0.25, 0.3) is 0 Å². The summed E-state index contributed by atoms with van der Waals surface area (Å²) in [6, 6.07) is 8.51. The van der Waals surface area contributed by atoms with E-state index in [0.717, 1.165) is 9.09 Å². The van der Waals surface area contributed by atoms with Gasteiger partial charge in [-0.05, 0) is 52.4 Å². The van der Waals surface area contributed by atoms with Crippen LogP contribution in [0.5, 0.6) is 0 Å². The van der Waals surface area contributed by atoms with Crippen molar-refractivity contribution in [1.82, 2.24) is 9.38 Å². The lowest BCUT2D eigenvalue weighted by Crippen LogP contribution is -2.11. The summed E-state index contributed by atoms with van der Waals surface area (Å²) in [5.41, 5.74) is 2.42. The van der Waals surface area contributed by atoms with E-state index >= 15 is 0 Å². The number of methoxy groups -OCH3 is 1. The minimum absolute atomic E-state index is 0.279. The molecular formula is C16H12FIN2O2. The zero-order valence-electron chi connectivity index (χ0n) is 11.7. The Labute approximate surface area is 140 Å². The lowest BCUT2D eigenvalue weighted by atomic mass is 10.0. The number of imidazole rings is 1. The molecule has 0 amide bonds. The fourth-order valence-corrected chi connectivity index (χ4v) is 2.82. The summed E-state index contributed by atoms with van der Waals surface area (Å²) >= 11 is 2.06. The van der Waals surface area contributed by atoms with Gasteiger partial charge in [0.05, 0.1) is 30.7 Å². The van der Waals surface area contributed by atoms with E-state index in [9.17, 15) is 9.18 Å². The first-order valence-electron chi connectivity index (χ1n) is 6.56. The minimum atomic E-state index is -0.448. The van der Waals surface area contributed by atoms with Crippen LogP contribution in [-0.4, -0.2) is 22.5 Å². The Morgan fingerprint density at radius 2 is 2.18 bits per heavy atom. The van der Waals surface area contributed by atoms with Crippen LogP contribution >= 0.6 is 22.6 Å². The molecule has 0 atom stereocenters. The standard InChI is InChI=1S/C16H12FIN2O2/c1-22-16(21)13-5-4-12-8-19-9-20(12)15(13)6-10-2-3-11(18)7-14(10)17/h2-5,7-9H,6H2,1H3. The number of rotatable bonds is 3. The first kappa shape index (κ1) is 15.0. The quantitative estimate of drug-likeness (QED) is 0.491. The molecule has 6 heteroatoms. The van der Waals surface area contributed by atoms with Gasteiger partial charge >= 0.3 is 5.97 Å². The minimum Gasteiger partial charge on any atom is -0.465 e. The first-order valence-corrected chi connectivity index (χ1v) is 7.64. The normalized spacial score (nSPS) is 10.9. The Hall–Kier alpha value is -1.96. The molecule has 0 unspecified atom stereocenters. The van der Waals surface area contributed by atoms with Crippen molar-refractivity contribution in [2.45, 2.75) is 6.42 Å². The Morgan fingerprint density at radius 3 is 2.91 bits per heavy atom. The van der Waals surface area contributed by atoms with E-state index in [4.69, 9.17) is 4.74 Å². The van der Waals surface area contributed by atoms with Gasteiger partial charge in [-0.25, -0.2) is 14.2 Å². The maximum atomic E-state index is 14.1. The molecule has 1 aromatic carbocycles. The van der Waals surface area contributed by atoms with Crippen molar-refractivity contribution in [3.05, 3.63) is 69.1 Å². The van der Waals surface area contributed by atoms with Crippen molar-refractivity contribution in [2.24, 2.45) is 0 Å². The molecule has 0 aliphatic rings. The Bertz CT molecular complexity index is 860. The molecule has 0 aliphatic carbocycles. The van der Waals surface area contributed by atoms with E-state index < -0.39 is 5.97 Å². The molecule has 112 valence electrons. The highest BCUT2D eigenvalue weighted by Crippen LogP contribution is 2.21. The molecule has 0 saturated carbocycles. The summed E-state index contributed by atoms with van der Waals surface area (Å²) < 4.78 is 21.6. The van der Waals surface area contributed by atoms with E-state index in [-0.39, 0.29) is 12.2 Å². The second-order valence-corrected chi connectivity index (χ2v) is 6.03. The second-order valence-electron chi connectivity index (χ2n) is 4.79. The van der Waals surface area contributed by atoms with Crippen molar-refractivity contribution >= 4 is 34.1 Å². The van der Waals surface area contributed by atoms with Crippen molar-refractivity contribution in [1.29, 1.82) is 0 Å². The molecule has 2 heterocycles. The predicted molar refractivity (Wildman–Crippen MR) is 88.5 cm³/mol. The van der Waals surface area contributed by atoms with Crippen LogP contribution in [0, 0.1) is 9.39 Å². The van der Waals surface area contributed by atoms with Crippen LogP contribution in [0.25, 0.3) is 5.52 Å². The molecule has 0 radical (unpaired) electrons. The maximum Gasteiger partial charge on any atom is 0.339 e. The maximum absolute atomic E-state index is 14.1. The molecule has 0 N–H and O–H groups in total. The average molecular weight is 410 g/mol. The molecule has 0 bridgehead atoms. The van der Waals surface area contributed by atoms with Gasteiger partial charge < -0.3 is 9.14 Å². The van der Waals surface area contributed by atoms with Crippen LogP contribution in [0.15, 0.2) is 42.9 Å². The zero-order valence-corrected chi connectivity index (χ0v) is 13.9. The highest BCUT2D eigenvalue weighted by Gasteiger charge is 2.17. The lowest BCUT2D eigenvalue weighted by Gasteiger charge is -2.12. The molecule has 2 aromatic heterocycles. The Kier molecular flexibility index (Phi) is 4.10. The van der Waals surface area contributed by atoms with Gasteiger partial charge in [-0.3, -0.25) is 0 Å². The summed E-state index contributed by atoms with van der Waals surface area (Å²) in [6.07, 6.45) is 3.58. The third-order valence-corrected chi connectivity index (χ3v) is 4.14. The number of nitrogens with zero attached hydrogens (tertiary/aromatic N) is 2. The molecule has 0 spiro atoms. The topological polar surface area (TPSA) is 43.6 Å². The highest BCUT2D eigenvalue weighted by molar-refractivity contribution is 14.1. The molecule has 3 rings (SSSR count). The summed E-state index contributed by atoms with van der Waals surface area (Å²) in [6.45, 7) is 0. The van der Waals surface area contributed by atoms with Gasteiger partial charge in [0.2, 0.25) is 0 Å². The van der Waals surface area contributed by atoms with Crippen molar-refractivity contribution in [2.75, 3.05) is 7.11 Å². The van der Waals surface area contributed by atoms with Gasteiger partial charge in [0, 0.05) is 15.7 Å². The number of benzene rings is 1. The van der Waals surface area contributed by atoms with Gasteiger partial charge in [-0.2, -0.15) is 0 Å². The summed E-state index contributed by atoms with van der Waals surface area (Å²) in [4.78, 5) is 16.1. The molecule has 0 fully saturated rings. The van der Waals surface area contributed by atoms with Crippen molar-refractivity contribution < 1.29 is 13.9 Å². The van der Waals surface area contributed by atoms with Crippen LogP contribution in [0.2, 0.25) is 0 Å². The number of fused-ring (bicyclic) bond motifs is 1. The third-order valence-electron chi connectivity index (χ3n) is 3.47. The van der Waals surface area contributed by atoms with E-state index in [1.54, 1.807) is 35.1 Å². The summed E-state index contributed by atoms with van der Waals surface area (Å²) in [5, 5.41) is 0. The van der Waals surface area contributed by atoms with Gasteiger partial charge in [0.1, 0.15) is 5.82 Å². The number of aromatic nitrogens is 2. The monoisotopic (exact) mass is 410 g/mol. The number of esters is 1. The number of hydrogen-bond acceptors (Lipinski definition) is 3. The lowest BCUT2D eigenvalue weighted by molar-refractivity contribution is 0.0599. The van der Waals surface area contributed by atoms with Crippen LogP contribution in [0.4, 0.5) is 4.39 Å². The second kappa shape index (κ2) is 6.04. The van der Waals surface area contributed by atoms with Gasteiger partial charge in [0.15, 0.2) is 0 Å². The van der Waals surface area contributed by atoms with Crippen LogP contribution in [0.3, 0.4) is 0 Å². The SMILES string of the molecule is COC(=O)c1ccc2cncn2c1Cc1ccc(I)cc1F. The molecule has 0 saturated heterocycles. The van der Waals surface area contributed by atoms with Crippen molar-refractivity contribution in [3.8, 4) is 0 Å². The predicted octanol–water partition coefficient (Wildman–Crippen LogP) is 3.46. The van der Waals surface area contributed by atoms with E-state index in [1.165, 1.54) is 13.2 Å². The van der Waals surface area contributed by atoms with Crippen LogP contribution in [-0.2, 0) is 11.2 Å². The van der Waals surface area contributed by atoms with Crippen LogP contribution < -0.4 is 0 Å². The summed E-state index contributed by atoms with van der Waals surface area (Å²) in [7, 11) is 1.33. The largest absolute Gasteiger partial charge is 0.465 e. The zero-order chi connectivity index (χ0) is 15.7. The summed E-state index contributed by atoms with van der Waals surface area (Å²) in [5.74, 6) is -0.739. The van der Waals surface area contributed by atoms with E-state index in [2.05, 4.69) is 27.6 Å². The molecular weight excluding hydrogens is 398 g/mol. The number of carbonyl (C=O) groups excluding carboxylic acids is 1. The number of halogens is 2. The third kappa shape index (κ3) is 2.70. The molecule has 4 nitrogen and oxygen atoms in total. The number of pyridine rings is 1. The molecule has 3 aromatic rings. The van der Waals surface area contributed by atoms with Gasteiger partial charge in [-0.15, -0.1) is 0 Å². The molecule has 0 aliphatic heterocycles.